The molecule has 0 unspecified atom stereocenters. The molecule has 134 valence electrons. The monoisotopic (exact) mass is 368 g/mol. The fraction of sp³-hybridized carbons (Fsp3) is 0.318. The Labute approximate surface area is 158 Å². The molecule has 0 aromatic heterocycles. The van der Waals surface area contributed by atoms with Crippen LogP contribution in [0.5, 0.6) is 5.75 Å². The van der Waals surface area contributed by atoms with Gasteiger partial charge in [-0.2, -0.15) is 0 Å². The van der Waals surface area contributed by atoms with Gasteiger partial charge < -0.3 is 9.47 Å². The molecular weight excluding hydrogens is 348 g/mol. The zero-order valence-corrected chi connectivity index (χ0v) is 15.2. The molecule has 3 nitrogen and oxygen atoms in total. The number of halogens is 1. The van der Waals surface area contributed by atoms with E-state index in [1.54, 1.807) is 0 Å². The van der Waals surface area contributed by atoms with Crippen LogP contribution in [0, 0.1) is 0 Å². The molecule has 26 heavy (non-hydrogen) atoms. The summed E-state index contributed by atoms with van der Waals surface area (Å²) in [6.07, 6.45) is 7.39. The van der Waals surface area contributed by atoms with E-state index >= 15 is 0 Å². The molecule has 1 aliphatic carbocycles. The van der Waals surface area contributed by atoms with E-state index in [0.717, 1.165) is 41.2 Å². The van der Waals surface area contributed by atoms with Crippen molar-refractivity contribution in [1.29, 1.82) is 0 Å². The topological polar surface area (TPSA) is 35.5 Å². The fourth-order valence-corrected chi connectivity index (χ4v) is 3.94. The van der Waals surface area contributed by atoms with E-state index in [1.807, 2.05) is 42.5 Å². The summed E-state index contributed by atoms with van der Waals surface area (Å²) in [6, 6.07) is 13.7. The summed E-state index contributed by atoms with van der Waals surface area (Å²) in [5.41, 5.74) is 3.27. The summed E-state index contributed by atoms with van der Waals surface area (Å²) in [5, 5.41) is 0.731. The summed E-state index contributed by atoms with van der Waals surface area (Å²) in [6.45, 7) is 0.324. The normalized spacial score (nSPS) is 19.7. The Bertz CT molecular complexity index is 829. The lowest BCUT2D eigenvalue weighted by Gasteiger charge is -2.11. The number of rotatable bonds is 6. The van der Waals surface area contributed by atoms with Gasteiger partial charge in [-0.15, -0.1) is 0 Å². The molecule has 0 saturated heterocycles. The van der Waals surface area contributed by atoms with Crippen molar-refractivity contribution in [2.75, 3.05) is 0 Å². The second-order valence-electron chi connectivity index (χ2n) is 6.83. The molecular formula is C22H21ClO3. The molecule has 0 N–H and O–H groups in total. The maximum atomic E-state index is 12.0. The number of hydrogen-bond acceptors (Lipinski definition) is 3. The third-order valence-corrected chi connectivity index (χ3v) is 5.19. The van der Waals surface area contributed by atoms with Crippen LogP contribution in [-0.2, 0) is 22.6 Å². The minimum atomic E-state index is -0.173. The van der Waals surface area contributed by atoms with Crippen LogP contribution in [-0.4, -0.2) is 12.1 Å². The summed E-state index contributed by atoms with van der Waals surface area (Å²) >= 11 is 6.31. The second-order valence-corrected chi connectivity index (χ2v) is 7.27. The predicted molar refractivity (Wildman–Crippen MR) is 102 cm³/mol. The number of fused-ring (bicyclic) bond motifs is 3. The number of ether oxygens (including phenoxy) is 2. The zero-order valence-electron chi connectivity index (χ0n) is 14.5. The van der Waals surface area contributed by atoms with Gasteiger partial charge in [-0.05, 0) is 36.1 Å². The van der Waals surface area contributed by atoms with E-state index < -0.39 is 0 Å². The highest BCUT2D eigenvalue weighted by Crippen LogP contribution is 2.46. The summed E-state index contributed by atoms with van der Waals surface area (Å²) in [4.78, 5) is 12.0. The number of aryl methyl sites for hydroxylation is 1. The van der Waals surface area contributed by atoms with Crippen LogP contribution in [0.4, 0.5) is 0 Å². The summed E-state index contributed by atoms with van der Waals surface area (Å²) in [5.74, 6) is 1.11. The molecule has 1 heterocycles. The zero-order chi connectivity index (χ0) is 17.9. The van der Waals surface area contributed by atoms with E-state index in [9.17, 15) is 4.79 Å². The molecule has 1 aliphatic heterocycles. The Morgan fingerprint density at radius 3 is 2.92 bits per heavy atom. The molecule has 0 fully saturated rings. The van der Waals surface area contributed by atoms with Gasteiger partial charge in [-0.25, -0.2) is 0 Å². The van der Waals surface area contributed by atoms with E-state index in [0.29, 0.717) is 18.9 Å². The van der Waals surface area contributed by atoms with Gasteiger partial charge >= 0.3 is 5.97 Å². The lowest BCUT2D eigenvalue weighted by molar-refractivity contribution is -0.145. The van der Waals surface area contributed by atoms with Crippen LogP contribution in [0.2, 0.25) is 5.02 Å². The number of benzene rings is 2. The Kier molecular flexibility index (Phi) is 4.98. The molecule has 0 spiro atoms. The van der Waals surface area contributed by atoms with Gasteiger partial charge in [-0.1, -0.05) is 54.1 Å². The average Bonchev–Trinajstić information content (AvgIpc) is 3.23. The highest BCUT2D eigenvalue weighted by atomic mass is 35.5. The summed E-state index contributed by atoms with van der Waals surface area (Å²) in [7, 11) is 0. The van der Waals surface area contributed by atoms with E-state index in [-0.39, 0.29) is 12.1 Å². The molecule has 4 rings (SSSR count). The van der Waals surface area contributed by atoms with Gasteiger partial charge in [0.2, 0.25) is 0 Å². The van der Waals surface area contributed by atoms with Crippen molar-refractivity contribution in [2.45, 2.75) is 44.3 Å². The van der Waals surface area contributed by atoms with Crippen LogP contribution >= 0.6 is 11.6 Å². The minimum Gasteiger partial charge on any atom is -0.489 e. The molecule has 0 amide bonds. The standard InChI is InChI=1S/C22H21ClO3/c23-17-12-16(22-19(13-17)18-9-5-10-20(18)26-22)8-4-11-21(24)25-14-15-6-2-1-3-7-15/h1-3,5-7,9,12-13,18,20H,4,8,10-11,14H2/t18-,20-/m1/s1. The molecule has 0 saturated carbocycles. The first-order chi connectivity index (χ1) is 12.7. The molecule has 2 atom stereocenters. The lowest BCUT2D eigenvalue weighted by Crippen LogP contribution is -2.12. The quantitative estimate of drug-likeness (QED) is 0.518. The van der Waals surface area contributed by atoms with Gasteiger partial charge in [0.1, 0.15) is 18.5 Å². The van der Waals surface area contributed by atoms with Crippen molar-refractivity contribution in [3.05, 3.63) is 76.3 Å². The van der Waals surface area contributed by atoms with Crippen molar-refractivity contribution < 1.29 is 14.3 Å². The molecule has 2 aromatic carbocycles. The van der Waals surface area contributed by atoms with Gasteiger partial charge in [0.25, 0.3) is 0 Å². The largest absolute Gasteiger partial charge is 0.489 e. The number of esters is 1. The number of hydrogen-bond donors (Lipinski definition) is 0. The fourth-order valence-electron chi connectivity index (χ4n) is 3.69. The smallest absolute Gasteiger partial charge is 0.306 e. The maximum absolute atomic E-state index is 12.0. The van der Waals surface area contributed by atoms with Crippen molar-refractivity contribution in [3.8, 4) is 5.75 Å². The van der Waals surface area contributed by atoms with Crippen molar-refractivity contribution >= 4 is 17.6 Å². The van der Waals surface area contributed by atoms with Crippen LogP contribution < -0.4 is 4.74 Å². The number of carbonyl (C=O) groups excluding carboxylic acids is 1. The van der Waals surface area contributed by atoms with Crippen molar-refractivity contribution in [2.24, 2.45) is 0 Å². The third-order valence-electron chi connectivity index (χ3n) is 4.97. The van der Waals surface area contributed by atoms with Crippen LogP contribution in [0.15, 0.2) is 54.6 Å². The lowest BCUT2D eigenvalue weighted by atomic mass is 9.95. The van der Waals surface area contributed by atoms with Crippen LogP contribution in [0.3, 0.4) is 0 Å². The highest BCUT2D eigenvalue weighted by molar-refractivity contribution is 6.30. The first-order valence-corrected chi connectivity index (χ1v) is 9.43. The molecule has 2 aromatic rings. The summed E-state index contributed by atoms with van der Waals surface area (Å²) < 4.78 is 11.5. The van der Waals surface area contributed by atoms with E-state index in [2.05, 4.69) is 12.2 Å². The van der Waals surface area contributed by atoms with Gasteiger partial charge in [0.15, 0.2) is 0 Å². The molecule has 4 heteroatoms. The number of carbonyl (C=O) groups is 1. The minimum absolute atomic E-state index is 0.173. The molecule has 0 radical (unpaired) electrons. The van der Waals surface area contributed by atoms with Crippen LogP contribution in [0.25, 0.3) is 0 Å². The maximum Gasteiger partial charge on any atom is 0.306 e. The van der Waals surface area contributed by atoms with Crippen LogP contribution in [0.1, 0.15) is 41.9 Å². The van der Waals surface area contributed by atoms with Gasteiger partial charge in [-0.3, -0.25) is 4.79 Å². The Hall–Kier alpha value is -2.26. The first-order valence-electron chi connectivity index (χ1n) is 9.06. The van der Waals surface area contributed by atoms with Crippen molar-refractivity contribution in [1.82, 2.24) is 0 Å². The Morgan fingerprint density at radius 1 is 1.23 bits per heavy atom. The molecule has 0 bridgehead atoms. The second kappa shape index (κ2) is 7.55. The van der Waals surface area contributed by atoms with E-state index in [1.165, 1.54) is 5.56 Å². The van der Waals surface area contributed by atoms with E-state index in [4.69, 9.17) is 21.1 Å². The van der Waals surface area contributed by atoms with Gasteiger partial charge in [0.05, 0.1) is 0 Å². The average molecular weight is 369 g/mol. The Morgan fingerprint density at radius 2 is 2.08 bits per heavy atom. The Balaban J connectivity index is 1.33. The first kappa shape index (κ1) is 17.2. The predicted octanol–water partition coefficient (Wildman–Crippen LogP) is 5.21. The third kappa shape index (κ3) is 3.63. The van der Waals surface area contributed by atoms with Gasteiger partial charge in [0, 0.05) is 29.3 Å². The van der Waals surface area contributed by atoms with Crippen molar-refractivity contribution in [3.63, 3.8) is 0 Å². The highest BCUT2D eigenvalue weighted by Gasteiger charge is 2.36. The SMILES string of the molecule is O=C(CCCc1cc(Cl)cc2c1O[C@@H]1CC=C[C@H]21)OCc1ccccc1. The molecule has 2 aliphatic rings.